The maximum Gasteiger partial charge on any atom is 0.324 e. The van der Waals surface area contributed by atoms with Crippen molar-refractivity contribution in [2.45, 2.75) is 45.6 Å². The molecule has 11 heteroatoms. The van der Waals surface area contributed by atoms with Crippen LogP contribution in [0.25, 0.3) is 16.5 Å². The lowest BCUT2D eigenvalue weighted by Crippen LogP contribution is -2.45. The number of carbonyl (C=O) groups excluding carboxylic acids is 2. The van der Waals surface area contributed by atoms with E-state index in [0.717, 1.165) is 40.1 Å². The van der Waals surface area contributed by atoms with Gasteiger partial charge in [0.05, 0.1) is 42.4 Å². The predicted molar refractivity (Wildman–Crippen MR) is 176 cm³/mol. The largest absolute Gasteiger partial charge is 0.492 e. The summed E-state index contributed by atoms with van der Waals surface area (Å²) < 4.78 is 13.7. The summed E-state index contributed by atoms with van der Waals surface area (Å²) in [7, 11) is 3.52. The highest BCUT2D eigenvalue weighted by atomic mass is 16.5. The van der Waals surface area contributed by atoms with Crippen LogP contribution in [0, 0.1) is 6.92 Å². The molecule has 1 unspecified atom stereocenters. The van der Waals surface area contributed by atoms with Crippen molar-refractivity contribution in [3.05, 3.63) is 72.2 Å². The van der Waals surface area contributed by atoms with Gasteiger partial charge in [-0.2, -0.15) is 5.10 Å². The van der Waals surface area contributed by atoms with E-state index in [4.69, 9.17) is 14.6 Å². The van der Waals surface area contributed by atoms with Gasteiger partial charge in [-0.25, -0.2) is 9.48 Å². The van der Waals surface area contributed by atoms with E-state index in [1.807, 2.05) is 61.5 Å². The second-order valence-corrected chi connectivity index (χ2v) is 12.6. The summed E-state index contributed by atoms with van der Waals surface area (Å²) in [5, 5.41) is 12.6. The molecule has 0 spiro atoms. The molecule has 0 bridgehead atoms. The molecule has 2 aromatic heterocycles. The van der Waals surface area contributed by atoms with Crippen LogP contribution in [0.2, 0.25) is 0 Å². The average Bonchev–Trinajstić information content (AvgIpc) is 3.43. The molecule has 3 heterocycles. The minimum atomic E-state index is -0.384. The predicted octanol–water partition coefficient (Wildman–Crippen LogP) is 5.23. The third-order valence-electron chi connectivity index (χ3n) is 7.78. The third-order valence-corrected chi connectivity index (χ3v) is 7.78. The number of amides is 3. The first-order valence-corrected chi connectivity index (χ1v) is 15.3. The Hall–Kier alpha value is -4.48. The first-order valence-electron chi connectivity index (χ1n) is 15.3. The number of fused-ring (bicyclic) bond motifs is 1. The van der Waals surface area contributed by atoms with E-state index in [9.17, 15) is 9.59 Å². The van der Waals surface area contributed by atoms with Crippen LogP contribution in [0.15, 0.2) is 60.8 Å². The number of aromatic nitrogens is 3. The Labute approximate surface area is 264 Å². The van der Waals surface area contributed by atoms with Gasteiger partial charge in [-0.3, -0.25) is 20.0 Å². The van der Waals surface area contributed by atoms with Gasteiger partial charge in [-0.15, -0.1) is 0 Å². The Morgan fingerprint density at radius 3 is 2.56 bits per heavy atom. The topological polar surface area (TPSA) is 114 Å². The summed E-state index contributed by atoms with van der Waals surface area (Å²) in [6.45, 7) is 11.5. The number of pyridine rings is 1. The molecule has 0 aliphatic carbocycles. The summed E-state index contributed by atoms with van der Waals surface area (Å²) in [5.74, 6) is 1.35. The Morgan fingerprint density at radius 2 is 1.84 bits per heavy atom. The van der Waals surface area contributed by atoms with Crippen LogP contribution < -0.4 is 15.4 Å². The highest BCUT2D eigenvalue weighted by Crippen LogP contribution is 2.32. The summed E-state index contributed by atoms with van der Waals surface area (Å²) in [6, 6.07) is 16.9. The molecule has 2 N–H and O–H groups in total. The quantitative estimate of drug-likeness (QED) is 0.266. The van der Waals surface area contributed by atoms with Gasteiger partial charge in [0.15, 0.2) is 0 Å². The van der Waals surface area contributed by atoms with Crippen LogP contribution in [0.3, 0.4) is 0 Å². The second-order valence-electron chi connectivity index (χ2n) is 12.6. The van der Waals surface area contributed by atoms with Gasteiger partial charge in [0.2, 0.25) is 5.91 Å². The second kappa shape index (κ2) is 13.7. The summed E-state index contributed by atoms with van der Waals surface area (Å²) in [6.07, 6.45) is 2.01. The maximum atomic E-state index is 13.3. The zero-order valence-corrected chi connectivity index (χ0v) is 27.0. The highest BCUT2D eigenvalue weighted by molar-refractivity contribution is 6.07. The van der Waals surface area contributed by atoms with Crippen molar-refractivity contribution in [2.24, 2.45) is 0 Å². The van der Waals surface area contributed by atoms with Crippen LogP contribution in [0.4, 0.5) is 16.3 Å². The summed E-state index contributed by atoms with van der Waals surface area (Å²) in [5.41, 5.74) is 2.96. The van der Waals surface area contributed by atoms with Gasteiger partial charge in [0, 0.05) is 61.7 Å². The summed E-state index contributed by atoms with van der Waals surface area (Å²) in [4.78, 5) is 33.7. The van der Waals surface area contributed by atoms with Crippen molar-refractivity contribution in [1.82, 2.24) is 24.6 Å². The molecule has 238 valence electrons. The number of carbonyl (C=O) groups is 2. The molecule has 1 atom stereocenters. The van der Waals surface area contributed by atoms with E-state index in [1.54, 1.807) is 29.9 Å². The number of benzene rings is 2. The normalized spacial score (nSPS) is 15.6. The van der Waals surface area contributed by atoms with Gasteiger partial charge >= 0.3 is 6.03 Å². The van der Waals surface area contributed by atoms with Crippen LogP contribution in [0.5, 0.6) is 5.75 Å². The molecule has 2 aromatic carbocycles. The number of hydrogen-bond donors (Lipinski definition) is 2. The molecule has 45 heavy (non-hydrogen) atoms. The minimum absolute atomic E-state index is 0.0656. The van der Waals surface area contributed by atoms with Gasteiger partial charge in [-0.05, 0) is 31.2 Å². The van der Waals surface area contributed by atoms with Gasteiger partial charge in [0.25, 0.3) is 0 Å². The molecule has 5 rings (SSSR count). The lowest BCUT2D eigenvalue weighted by Gasteiger charge is -2.33. The number of aryl methyl sites for hydroxylation is 1. The van der Waals surface area contributed by atoms with Crippen LogP contribution in [-0.4, -0.2) is 89.5 Å². The Morgan fingerprint density at radius 1 is 1.07 bits per heavy atom. The van der Waals surface area contributed by atoms with Gasteiger partial charge in [-0.1, -0.05) is 45.0 Å². The maximum absolute atomic E-state index is 13.3. The molecule has 0 radical (unpaired) electrons. The van der Waals surface area contributed by atoms with Crippen molar-refractivity contribution < 1.29 is 19.1 Å². The third kappa shape index (κ3) is 7.98. The molecule has 11 nitrogen and oxygen atoms in total. The van der Waals surface area contributed by atoms with E-state index in [2.05, 4.69) is 41.3 Å². The SMILES string of the molecule is Cc1ccc(-n2nc(C(C)(C)C)cc2NC(=O)Nc2ccc(OCCN3CCOC(CC(=O)N(C)C)C3)c3ccccc23)cn1. The number of urea groups is 1. The first-order chi connectivity index (χ1) is 21.5. The molecule has 0 saturated carbocycles. The lowest BCUT2D eigenvalue weighted by molar-refractivity contribution is -0.133. The molecule has 1 fully saturated rings. The zero-order chi connectivity index (χ0) is 32.1. The fraction of sp³-hybridized carbons (Fsp3) is 0.412. The number of ether oxygens (including phenoxy) is 2. The first kappa shape index (κ1) is 31.9. The van der Waals surface area contributed by atoms with E-state index in [1.165, 1.54) is 0 Å². The summed E-state index contributed by atoms with van der Waals surface area (Å²) >= 11 is 0. The molecule has 1 aliphatic heterocycles. The Bertz CT molecular complexity index is 1640. The van der Waals surface area contributed by atoms with Crippen molar-refractivity contribution in [2.75, 3.05) is 57.6 Å². The van der Waals surface area contributed by atoms with E-state index < -0.39 is 0 Å². The van der Waals surface area contributed by atoms with Crippen LogP contribution in [0.1, 0.15) is 38.6 Å². The van der Waals surface area contributed by atoms with Gasteiger partial charge < -0.3 is 19.7 Å². The number of anilines is 2. The highest BCUT2D eigenvalue weighted by Gasteiger charge is 2.24. The smallest absolute Gasteiger partial charge is 0.324 e. The zero-order valence-electron chi connectivity index (χ0n) is 27.0. The molecular weight excluding hydrogens is 570 g/mol. The van der Waals surface area contributed by atoms with Gasteiger partial charge in [0.1, 0.15) is 18.2 Å². The monoisotopic (exact) mass is 613 g/mol. The van der Waals surface area contributed by atoms with E-state index in [-0.39, 0.29) is 23.5 Å². The number of nitrogens with one attached hydrogen (secondary N) is 2. The lowest BCUT2D eigenvalue weighted by atomic mass is 9.92. The minimum Gasteiger partial charge on any atom is -0.492 e. The average molecular weight is 614 g/mol. The van der Waals surface area contributed by atoms with Crippen molar-refractivity contribution in [1.29, 1.82) is 0 Å². The standard InChI is InChI=1S/C34H43N7O4/c1-23-11-12-24(21-35-23)41-31(20-30(38-41)34(2,3)4)37-33(43)36-28-13-14-29(27-10-8-7-9-26(27)28)45-18-16-40-15-17-44-25(22-40)19-32(42)39(5)6/h7-14,20-21,25H,15-19,22H2,1-6H3,(H2,36,37,43). The molecule has 1 saturated heterocycles. The Balaban J connectivity index is 1.26. The van der Waals surface area contributed by atoms with Crippen molar-refractivity contribution >= 4 is 34.2 Å². The van der Waals surface area contributed by atoms with E-state index in [0.29, 0.717) is 44.2 Å². The molecule has 3 amide bonds. The molecule has 1 aliphatic rings. The van der Waals surface area contributed by atoms with Crippen LogP contribution in [-0.2, 0) is 14.9 Å². The van der Waals surface area contributed by atoms with Crippen molar-refractivity contribution in [3.8, 4) is 11.4 Å². The fourth-order valence-corrected chi connectivity index (χ4v) is 5.16. The number of nitrogens with zero attached hydrogens (tertiary/aromatic N) is 5. The Kier molecular flexibility index (Phi) is 9.69. The number of morpholine rings is 1. The fourth-order valence-electron chi connectivity index (χ4n) is 5.16. The number of hydrogen-bond acceptors (Lipinski definition) is 7. The molecular formula is C34H43N7O4. The van der Waals surface area contributed by atoms with E-state index >= 15 is 0 Å². The van der Waals surface area contributed by atoms with Crippen LogP contribution >= 0.6 is 0 Å². The molecule has 4 aromatic rings. The number of rotatable bonds is 9. The van der Waals surface area contributed by atoms with Crippen molar-refractivity contribution in [3.63, 3.8) is 0 Å².